The summed E-state index contributed by atoms with van der Waals surface area (Å²) >= 11 is 0. The standard InChI is InChI=1S/C62H38/c1-3-16-39(17-4-1)41-22-13-24-46(34-41)58-53-33-32-45(55-36-43-20-7-9-26-48(43)50-28-11-12-29-51(50)55)37-56(53)59(47-25-14-23-42(35-47)40-18-5-2-6-19-40)62-57-38-44-21-8-10-27-49(44)52-30-15-31-54(60(52)57)61(58)62/h1-38H. The second kappa shape index (κ2) is 13.7. The van der Waals surface area contributed by atoms with Crippen LogP contribution in [-0.4, -0.2) is 0 Å². The molecule has 13 rings (SSSR count). The van der Waals surface area contributed by atoms with Gasteiger partial charge in [-0.25, -0.2) is 0 Å². The summed E-state index contributed by atoms with van der Waals surface area (Å²) in [6.45, 7) is 0. The molecule has 62 heavy (non-hydrogen) atoms. The van der Waals surface area contributed by atoms with Crippen LogP contribution in [0.4, 0.5) is 0 Å². The Morgan fingerprint density at radius 2 is 0.645 bits per heavy atom. The van der Waals surface area contributed by atoms with E-state index in [1.807, 2.05) is 0 Å². The van der Waals surface area contributed by atoms with Crippen molar-refractivity contribution in [2.24, 2.45) is 0 Å². The Balaban J connectivity index is 1.21. The van der Waals surface area contributed by atoms with Gasteiger partial charge in [0.25, 0.3) is 0 Å². The van der Waals surface area contributed by atoms with E-state index in [2.05, 4.69) is 231 Å². The second-order valence-electron chi connectivity index (χ2n) is 16.7. The quantitative estimate of drug-likeness (QED) is 0.153. The van der Waals surface area contributed by atoms with Crippen molar-refractivity contribution in [3.63, 3.8) is 0 Å². The lowest BCUT2D eigenvalue weighted by Crippen LogP contribution is -1.95. The molecule has 286 valence electrons. The Labute approximate surface area is 360 Å². The molecule has 0 aliphatic heterocycles. The molecule has 0 fully saturated rings. The maximum atomic E-state index is 2.50. The van der Waals surface area contributed by atoms with Gasteiger partial charge in [0.2, 0.25) is 0 Å². The van der Waals surface area contributed by atoms with Crippen LogP contribution < -0.4 is 0 Å². The van der Waals surface area contributed by atoms with Gasteiger partial charge < -0.3 is 0 Å². The molecule has 0 heteroatoms. The van der Waals surface area contributed by atoms with Crippen LogP contribution in [0, 0.1) is 0 Å². The van der Waals surface area contributed by atoms with Crippen LogP contribution in [0.15, 0.2) is 231 Å². The van der Waals surface area contributed by atoms with E-state index in [0.717, 1.165) is 0 Å². The van der Waals surface area contributed by atoms with Gasteiger partial charge in [-0.05, 0) is 162 Å². The van der Waals surface area contributed by atoms with Crippen molar-refractivity contribution in [2.45, 2.75) is 0 Å². The highest BCUT2D eigenvalue weighted by molar-refractivity contribution is 6.31. The molecule has 0 spiro atoms. The first-order valence-electron chi connectivity index (χ1n) is 21.6. The number of fused-ring (bicyclic) bond motifs is 9. The first-order chi connectivity index (χ1) is 30.8. The monoisotopic (exact) mass is 782 g/mol. The third-order valence-corrected chi connectivity index (χ3v) is 13.3. The van der Waals surface area contributed by atoms with E-state index < -0.39 is 0 Å². The third-order valence-electron chi connectivity index (χ3n) is 13.3. The summed E-state index contributed by atoms with van der Waals surface area (Å²) in [6, 6.07) is 85.8. The maximum absolute atomic E-state index is 2.50. The average Bonchev–Trinajstić information content (AvgIpc) is 3.67. The lowest BCUT2D eigenvalue weighted by Gasteiger charge is -2.22. The van der Waals surface area contributed by atoms with Crippen LogP contribution in [0.25, 0.3) is 132 Å². The molecule has 0 heterocycles. The first-order valence-corrected chi connectivity index (χ1v) is 21.6. The summed E-state index contributed by atoms with van der Waals surface area (Å²) < 4.78 is 0. The van der Waals surface area contributed by atoms with E-state index in [0.29, 0.717) is 0 Å². The van der Waals surface area contributed by atoms with Crippen LogP contribution >= 0.6 is 0 Å². The SMILES string of the molecule is c1ccc(-c2cccc(-c3c4c(c(-c5cccc(-c6ccccc6)c5)c5cc(-c6cc7ccccc7c7ccccc67)ccc35)-c3cc5ccccc5c5cccc-4c35)c2)cc1. The second-order valence-corrected chi connectivity index (χ2v) is 16.7. The van der Waals surface area contributed by atoms with Crippen LogP contribution in [0.3, 0.4) is 0 Å². The predicted octanol–water partition coefficient (Wildman–Crippen LogP) is 17.4. The topological polar surface area (TPSA) is 0 Å². The van der Waals surface area contributed by atoms with Gasteiger partial charge in [0, 0.05) is 0 Å². The molecule has 12 aromatic rings. The molecule has 0 amide bonds. The molecule has 12 aromatic carbocycles. The van der Waals surface area contributed by atoms with Crippen molar-refractivity contribution in [1.29, 1.82) is 0 Å². The minimum atomic E-state index is 1.21. The van der Waals surface area contributed by atoms with Crippen molar-refractivity contribution in [1.82, 2.24) is 0 Å². The van der Waals surface area contributed by atoms with Crippen molar-refractivity contribution in [3.05, 3.63) is 231 Å². The summed E-state index contributed by atoms with van der Waals surface area (Å²) in [5.41, 5.74) is 17.5. The van der Waals surface area contributed by atoms with Crippen LogP contribution in [0.2, 0.25) is 0 Å². The zero-order valence-electron chi connectivity index (χ0n) is 33.9. The Morgan fingerprint density at radius 1 is 0.177 bits per heavy atom. The molecule has 0 unspecified atom stereocenters. The lowest BCUT2D eigenvalue weighted by molar-refractivity contribution is 1.59. The van der Waals surface area contributed by atoms with Crippen molar-refractivity contribution in [2.75, 3.05) is 0 Å². The molecule has 0 bridgehead atoms. The fourth-order valence-corrected chi connectivity index (χ4v) is 10.6. The highest BCUT2D eigenvalue weighted by Crippen LogP contribution is 2.59. The van der Waals surface area contributed by atoms with E-state index in [1.54, 1.807) is 0 Å². The molecule has 0 atom stereocenters. The lowest BCUT2D eigenvalue weighted by atomic mass is 9.80. The Morgan fingerprint density at radius 3 is 1.31 bits per heavy atom. The number of rotatable bonds is 5. The van der Waals surface area contributed by atoms with Crippen LogP contribution in [0.5, 0.6) is 0 Å². The van der Waals surface area contributed by atoms with Crippen molar-refractivity contribution < 1.29 is 0 Å². The zero-order valence-corrected chi connectivity index (χ0v) is 33.9. The average molecular weight is 783 g/mol. The predicted molar refractivity (Wildman–Crippen MR) is 266 cm³/mol. The summed E-state index contributed by atoms with van der Waals surface area (Å²) in [5.74, 6) is 0. The Hall–Kier alpha value is -8.06. The number of hydrogen-bond donors (Lipinski definition) is 0. The van der Waals surface area contributed by atoms with Gasteiger partial charge in [-0.3, -0.25) is 0 Å². The van der Waals surface area contributed by atoms with E-state index in [1.165, 1.54) is 132 Å². The van der Waals surface area contributed by atoms with Gasteiger partial charge in [-0.1, -0.05) is 200 Å². The fraction of sp³-hybridized carbons (Fsp3) is 0. The van der Waals surface area contributed by atoms with Gasteiger partial charge in [-0.2, -0.15) is 0 Å². The summed E-state index contributed by atoms with van der Waals surface area (Å²) in [4.78, 5) is 0. The maximum Gasteiger partial charge on any atom is -0.000719 e. The van der Waals surface area contributed by atoms with E-state index >= 15 is 0 Å². The van der Waals surface area contributed by atoms with Gasteiger partial charge in [0.1, 0.15) is 0 Å². The molecule has 0 nitrogen and oxygen atoms in total. The zero-order chi connectivity index (χ0) is 40.7. The fourth-order valence-electron chi connectivity index (χ4n) is 10.6. The van der Waals surface area contributed by atoms with Gasteiger partial charge in [0.15, 0.2) is 0 Å². The highest BCUT2D eigenvalue weighted by atomic mass is 14.3. The molecular weight excluding hydrogens is 745 g/mol. The van der Waals surface area contributed by atoms with E-state index in [9.17, 15) is 0 Å². The van der Waals surface area contributed by atoms with Crippen molar-refractivity contribution >= 4 is 53.9 Å². The molecular formula is C62H38. The van der Waals surface area contributed by atoms with Gasteiger partial charge in [0.05, 0.1) is 0 Å². The summed E-state index contributed by atoms with van der Waals surface area (Å²) in [5, 5.41) is 12.7. The van der Waals surface area contributed by atoms with Crippen molar-refractivity contribution in [3.8, 4) is 77.9 Å². The summed E-state index contributed by atoms with van der Waals surface area (Å²) in [7, 11) is 0. The van der Waals surface area contributed by atoms with E-state index in [4.69, 9.17) is 0 Å². The normalized spacial score (nSPS) is 11.9. The minimum Gasteiger partial charge on any atom is -0.0622 e. The molecule has 0 saturated carbocycles. The molecule has 0 aromatic heterocycles. The number of benzene rings is 12. The van der Waals surface area contributed by atoms with Crippen LogP contribution in [0.1, 0.15) is 0 Å². The van der Waals surface area contributed by atoms with Crippen LogP contribution in [-0.2, 0) is 0 Å². The third kappa shape index (κ3) is 5.27. The first kappa shape index (κ1) is 34.8. The van der Waals surface area contributed by atoms with Gasteiger partial charge in [-0.15, -0.1) is 0 Å². The molecule has 1 aliphatic carbocycles. The Kier molecular flexibility index (Phi) is 7.71. The minimum absolute atomic E-state index is 1.21. The van der Waals surface area contributed by atoms with Gasteiger partial charge >= 0.3 is 0 Å². The Bertz CT molecular complexity index is 3780. The largest absolute Gasteiger partial charge is 0.0622 e. The molecule has 0 saturated heterocycles. The molecule has 0 radical (unpaired) electrons. The summed E-state index contributed by atoms with van der Waals surface area (Å²) in [6.07, 6.45) is 0. The van der Waals surface area contributed by atoms with E-state index in [-0.39, 0.29) is 0 Å². The number of hydrogen-bond acceptors (Lipinski definition) is 0. The smallest absolute Gasteiger partial charge is 0.000719 e. The highest BCUT2D eigenvalue weighted by Gasteiger charge is 2.32. The molecule has 0 N–H and O–H groups in total. The molecule has 1 aliphatic rings.